The molecule has 2 aromatic rings. The topological polar surface area (TPSA) is 29.5 Å². The van der Waals surface area contributed by atoms with Crippen molar-refractivity contribution in [3.63, 3.8) is 0 Å². The summed E-state index contributed by atoms with van der Waals surface area (Å²) in [5.74, 6) is 0.799. The summed E-state index contributed by atoms with van der Waals surface area (Å²) < 4.78 is 5.86. The molecule has 1 aliphatic rings. The summed E-state index contributed by atoms with van der Waals surface area (Å²) in [5, 5.41) is 10.0. The van der Waals surface area contributed by atoms with E-state index in [-0.39, 0.29) is 6.10 Å². The highest BCUT2D eigenvalue weighted by Crippen LogP contribution is 2.34. The van der Waals surface area contributed by atoms with Gasteiger partial charge in [-0.3, -0.25) is 0 Å². The van der Waals surface area contributed by atoms with Crippen LogP contribution in [0.25, 0.3) is 0 Å². The molecule has 0 radical (unpaired) electrons. The van der Waals surface area contributed by atoms with Crippen LogP contribution in [0.2, 0.25) is 0 Å². The number of fused-ring (bicyclic) bond motifs is 1. The molecule has 0 fully saturated rings. The molecule has 86 valence electrons. The van der Waals surface area contributed by atoms with Gasteiger partial charge < -0.3 is 9.84 Å². The third-order valence-electron chi connectivity index (χ3n) is 3.15. The van der Waals surface area contributed by atoms with Gasteiger partial charge in [0.05, 0.1) is 6.10 Å². The molecule has 17 heavy (non-hydrogen) atoms. The van der Waals surface area contributed by atoms with Crippen LogP contribution in [0.4, 0.5) is 0 Å². The van der Waals surface area contributed by atoms with Crippen LogP contribution in [0.3, 0.4) is 0 Å². The number of aliphatic hydroxyl groups is 1. The van der Waals surface area contributed by atoms with Crippen molar-refractivity contribution < 1.29 is 9.84 Å². The molecule has 2 nitrogen and oxygen atoms in total. The number of hydrogen-bond acceptors (Lipinski definition) is 2. The lowest BCUT2D eigenvalue weighted by Gasteiger charge is -2.18. The minimum atomic E-state index is -0.451. The summed E-state index contributed by atoms with van der Waals surface area (Å²) in [5.41, 5.74) is 2.28. The average molecular weight is 226 g/mol. The van der Waals surface area contributed by atoms with Crippen LogP contribution in [0.15, 0.2) is 54.6 Å². The van der Waals surface area contributed by atoms with E-state index in [4.69, 9.17) is 4.74 Å². The average Bonchev–Trinajstić information content (AvgIpc) is 2.68. The molecule has 0 saturated heterocycles. The maximum absolute atomic E-state index is 10.0. The summed E-state index contributed by atoms with van der Waals surface area (Å²) in [7, 11) is 0. The van der Waals surface area contributed by atoms with E-state index in [1.807, 2.05) is 54.6 Å². The zero-order valence-corrected chi connectivity index (χ0v) is 9.41. The van der Waals surface area contributed by atoms with Crippen molar-refractivity contribution in [3.05, 3.63) is 65.7 Å². The molecule has 0 amide bonds. The van der Waals surface area contributed by atoms with Gasteiger partial charge in [0.25, 0.3) is 0 Å². The molecular formula is C15H14O2. The first-order valence-electron chi connectivity index (χ1n) is 5.82. The lowest BCUT2D eigenvalue weighted by Crippen LogP contribution is -2.18. The highest BCUT2D eigenvalue weighted by atomic mass is 16.5. The summed E-state index contributed by atoms with van der Waals surface area (Å²) in [6, 6.07) is 17.7. The van der Waals surface area contributed by atoms with Crippen molar-refractivity contribution in [1.29, 1.82) is 0 Å². The summed E-state index contributed by atoms with van der Waals surface area (Å²) >= 11 is 0. The zero-order chi connectivity index (χ0) is 11.7. The van der Waals surface area contributed by atoms with Crippen LogP contribution in [0, 0.1) is 0 Å². The van der Waals surface area contributed by atoms with Crippen molar-refractivity contribution >= 4 is 0 Å². The lowest BCUT2D eigenvalue weighted by molar-refractivity contribution is 0.0495. The number of aliphatic hydroxyl groups excluding tert-OH is 1. The smallest absolute Gasteiger partial charge is 0.150 e. The molecule has 0 spiro atoms. The molecule has 1 aliphatic carbocycles. The minimum Gasteiger partial charge on any atom is -0.483 e. The summed E-state index contributed by atoms with van der Waals surface area (Å²) in [6.45, 7) is 0. The standard InChI is InChI=1S/C15H14O2/c16-14-10-11-6-4-5-9-13(11)15(14)17-12-7-2-1-3-8-12/h1-9,14-16H,10H2/t14-,15-/m1/s1. The Labute approximate surface area is 100 Å². The Kier molecular flexibility index (Phi) is 2.57. The fraction of sp³-hybridized carbons (Fsp3) is 0.200. The van der Waals surface area contributed by atoms with Crippen LogP contribution < -0.4 is 4.74 Å². The van der Waals surface area contributed by atoms with Gasteiger partial charge in [0.2, 0.25) is 0 Å². The van der Waals surface area contributed by atoms with E-state index in [1.54, 1.807) is 0 Å². The Morgan fingerprint density at radius 1 is 0.941 bits per heavy atom. The zero-order valence-electron chi connectivity index (χ0n) is 9.41. The van der Waals surface area contributed by atoms with E-state index in [0.717, 1.165) is 11.3 Å². The molecule has 0 unspecified atom stereocenters. The Hall–Kier alpha value is -1.80. The molecular weight excluding hydrogens is 212 g/mol. The summed E-state index contributed by atoms with van der Waals surface area (Å²) in [6.07, 6.45) is -0.0190. The van der Waals surface area contributed by atoms with Gasteiger partial charge in [0.1, 0.15) is 5.75 Å². The lowest BCUT2D eigenvalue weighted by atomic mass is 10.1. The number of hydrogen-bond donors (Lipinski definition) is 1. The number of rotatable bonds is 2. The third-order valence-corrected chi connectivity index (χ3v) is 3.15. The van der Waals surface area contributed by atoms with Crippen molar-refractivity contribution in [2.24, 2.45) is 0 Å². The van der Waals surface area contributed by atoms with Crippen molar-refractivity contribution in [2.45, 2.75) is 18.6 Å². The maximum atomic E-state index is 10.0. The van der Waals surface area contributed by atoms with Gasteiger partial charge in [-0.2, -0.15) is 0 Å². The predicted octanol–water partition coefficient (Wildman–Crippen LogP) is 2.72. The SMILES string of the molecule is O[C@@H]1Cc2ccccc2[C@H]1Oc1ccccc1. The molecule has 0 aromatic heterocycles. The molecule has 2 atom stereocenters. The Morgan fingerprint density at radius 2 is 1.65 bits per heavy atom. The van der Waals surface area contributed by atoms with E-state index in [2.05, 4.69) is 0 Å². The van der Waals surface area contributed by atoms with Crippen molar-refractivity contribution in [3.8, 4) is 5.75 Å². The third kappa shape index (κ3) is 1.92. The predicted molar refractivity (Wildman–Crippen MR) is 66.0 cm³/mol. The van der Waals surface area contributed by atoms with Gasteiger partial charge in [-0.25, -0.2) is 0 Å². The van der Waals surface area contributed by atoms with E-state index >= 15 is 0 Å². The largest absolute Gasteiger partial charge is 0.483 e. The number of ether oxygens (including phenoxy) is 1. The first-order valence-corrected chi connectivity index (χ1v) is 5.82. The molecule has 0 saturated carbocycles. The van der Waals surface area contributed by atoms with Crippen LogP contribution >= 0.6 is 0 Å². The van der Waals surface area contributed by atoms with Gasteiger partial charge in [-0.1, -0.05) is 42.5 Å². The van der Waals surface area contributed by atoms with E-state index in [9.17, 15) is 5.11 Å². The van der Waals surface area contributed by atoms with Gasteiger partial charge in [-0.15, -0.1) is 0 Å². The van der Waals surface area contributed by atoms with Crippen LogP contribution in [0.5, 0.6) is 5.75 Å². The van der Waals surface area contributed by atoms with Gasteiger partial charge >= 0.3 is 0 Å². The normalized spacial score (nSPS) is 22.2. The highest BCUT2D eigenvalue weighted by Gasteiger charge is 2.32. The van der Waals surface area contributed by atoms with Crippen LogP contribution in [0.1, 0.15) is 17.2 Å². The molecule has 2 heteroatoms. The second-order valence-electron chi connectivity index (χ2n) is 4.32. The second-order valence-corrected chi connectivity index (χ2v) is 4.32. The van der Waals surface area contributed by atoms with E-state index in [0.29, 0.717) is 6.42 Å². The fourth-order valence-electron chi connectivity index (χ4n) is 2.32. The number of para-hydroxylation sites is 1. The number of benzene rings is 2. The molecule has 3 rings (SSSR count). The minimum absolute atomic E-state index is 0.242. The maximum Gasteiger partial charge on any atom is 0.150 e. The van der Waals surface area contributed by atoms with Crippen molar-refractivity contribution in [2.75, 3.05) is 0 Å². The summed E-state index contributed by atoms with van der Waals surface area (Å²) in [4.78, 5) is 0. The van der Waals surface area contributed by atoms with Gasteiger partial charge in [0, 0.05) is 6.42 Å². The molecule has 1 N–H and O–H groups in total. The molecule has 0 aliphatic heterocycles. The first kappa shape index (κ1) is 10.4. The van der Waals surface area contributed by atoms with Crippen molar-refractivity contribution in [1.82, 2.24) is 0 Å². The molecule has 2 aromatic carbocycles. The monoisotopic (exact) mass is 226 g/mol. The molecule has 0 bridgehead atoms. The van der Waals surface area contributed by atoms with Gasteiger partial charge in [0.15, 0.2) is 6.10 Å². The van der Waals surface area contributed by atoms with E-state index in [1.165, 1.54) is 5.56 Å². The highest BCUT2D eigenvalue weighted by molar-refractivity contribution is 5.36. The van der Waals surface area contributed by atoms with E-state index < -0.39 is 6.10 Å². The molecule has 0 heterocycles. The first-order chi connectivity index (χ1) is 8.34. The van der Waals surface area contributed by atoms with Crippen LogP contribution in [-0.2, 0) is 6.42 Å². The fourth-order valence-corrected chi connectivity index (χ4v) is 2.32. The quantitative estimate of drug-likeness (QED) is 0.853. The van der Waals surface area contributed by atoms with Crippen LogP contribution in [-0.4, -0.2) is 11.2 Å². The second kappa shape index (κ2) is 4.22. The Balaban J connectivity index is 1.89. The Morgan fingerprint density at radius 3 is 2.47 bits per heavy atom. The van der Waals surface area contributed by atoms with Gasteiger partial charge in [-0.05, 0) is 23.3 Å². The Bertz CT molecular complexity index is 507.